The number of aliphatic hydroxyl groups excluding tert-OH is 1. The predicted molar refractivity (Wildman–Crippen MR) is 42.0 cm³/mol. The third-order valence-corrected chi connectivity index (χ3v) is 1.78. The van der Waals surface area contributed by atoms with Crippen LogP contribution in [0.4, 0.5) is 0 Å². The molecule has 1 heterocycles. The highest BCUT2D eigenvalue weighted by Gasteiger charge is 2.18. The molecule has 1 aliphatic heterocycles. The van der Waals surface area contributed by atoms with Crippen molar-refractivity contribution in [1.29, 1.82) is 0 Å². The van der Waals surface area contributed by atoms with Crippen molar-refractivity contribution in [1.82, 2.24) is 0 Å². The minimum atomic E-state index is 0.528. The van der Waals surface area contributed by atoms with Crippen LogP contribution in [0.3, 0.4) is 0 Å². The summed E-state index contributed by atoms with van der Waals surface area (Å²) in [5.74, 6) is 0. The molecule has 1 aliphatic rings. The maximum atomic E-state index is 7.00. The molecule has 0 aromatic carbocycles. The van der Waals surface area contributed by atoms with Gasteiger partial charge in [-0.15, -0.1) is 0 Å². The molecule has 0 saturated carbocycles. The Morgan fingerprint density at radius 3 is 2.20 bits per heavy atom. The van der Waals surface area contributed by atoms with Crippen LogP contribution >= 0.6 is 0 Å². The highest BCUT2D eigenvalue weighted by Crippen LogP contribution is 2.20. The molecule has 62 valence electrons. The zero-order valence-electron chi connectivity index (χ0n) is 7.13. The fourth-order valence-electron chi connectivity index (χ4n) is 1.19. The van der Waals surface area contributed by atoms with E-state index in [1.807, 2.05) is 0 Å². The van der Waals surface area contributed by atoms with Gasteiger partial charge in [0.05, 0.1) is 12.2 Å². The molecule has 1 saturated heterocycles. The second kappa shape index (κ2) is 5.69. The number of ether oxygens (including phenoxy) is 1. The monoisotopic (exact) mass is 146 g/mol. The lowest BCUT2D eigenvalue weighted by molar-refractivity contribution is 0.0540. The van der Waals surface area contributed by atoms with Crippen molar-refractivity contribution < 1.29 is 9.84 Å². The minimum absolute atomic E-state index is 0.528. The van der Waals surface area contributed by atoms with E-state index in [0.29, 0.717) is 12.2 Å². The van der Waals surface area contributed by atoms with Crippen molar-refractivity contribution in [3.63, 3.8) is 0 Å². The third kappa shape index (κ3) is 3.18. The molecule has 1 N–H and O–H groups in total. The molecule has 1 rings (SSSR count). The second-order valence-electron chi connectivity index (χ2n) is 2.55. The maximum Gasteiger partial charge on any atom is 0.0577 e. The van der Waals surface area contributed by atoms with E-state index in [2.05, 4.69) is 13.8 Å². The van der Waals surface area contributed by atoms with Crippen LogP contribution in [-0.4, -0.2) is 24.4 Å². The van der Waals surface area contributed by atoms with Gasteiger partial charge in [-0.3, -0.25) is 0 Å². The number of hydrogen-bond donors (Lipinski definition) is 1. The molecule has 2 nitrogen and oxygen atoms in total. The molecule has 2 heteroatoms. The standard InChI is InChI=1S/C7H14O.CH4O/c1-3-7-5-4-6(2)8-7;1-2/h6-7H,3-5H2,1-2H3;2H,1H3. The Kier molecular flexibility index (Phi) is 5.64. The molecule has 1 fully saturated rings. The molecule has 2 unspecified atom stereocenters. The fourth-order valence-corrected chi connectivity index (χ4v) is 1.19. The van der Waals surface area contributed by atoms with Gasteiger partial charge in [-0.05, 0) is 26.2 Å². The topological polar surface area (TPSA) is 29.5 Å². The summed E-state index contributed by atoms with van der Waals surface area (Å²) >= 11 is 0. The fraction of sp³-hybridized carbons (Fsp3) is 1.00. The molecule has 10 heavy (non-hydrogen) atoms. The van der Waals surface area contributed by atoms with Crippen LogP contribution < -0.4 is 0 Å². The Hall–Kier alpha value is -0.0800. The first-order valence-electron chi connectivity index (χ1n) is 3.93. The summed E-state index contributed by atoms with van der Waals surface area (Å²) in [6, 6.07) is 0. The Labute approximate surface area is 63.2 Å². The lowest BCUT2D eigenvalue weighted by Crippen LogP contribution is -2.05. The Bertz CT molecular complexity index is 73.7. The molecule has 0 bridgehead atoms. The number of hydrogen-bond acceptors (Lipinski definition) is 2. The van der Waals surface area contributed by atoms with Crippen molar-refractivity contribution in [2.45, 2.75) is 45.3 Å². The van der Waals surface area contributed by atoms with Gasteiger partial charge in [0, 0.05) is 7.11 Å². The van der Waals surface area contributed by atoms with Crippen LogP contribution in [0.5, 0.6) is 0 Å². The number of aliphatic hydroxyl groups is 1. The highest BCUT2D eigenvalue weighted by atomic mass is 16.5. The van der Waals surface area contributed by atoms with Gasteiger partial charge in [0.15, 0.2) is 0 Å². The summed E-state index contributed by atoms with van der Waals surface area (Å²) in [6.07, 6.45) is 4.82. The van der Waals surface area contributed by atoms with Gasteiger partial charge in [0.1, 0.15) is 0 Å². The highest BCUT2D eigenvalue weighted by molar-refractivity contribution is 4.68. The third-order valence-electron chi connectivity index (χ3n) is 1.78. The van der Waals surface area contributed by atoms with Crippen LogP contribution in [0.25, 0.3) is 0 Å². The summed E-state index contributed by atoms with van der Waals surface area (Å²) < 4.78 is 5.51. The Morgan fingerprint density at radius 2 is 2.00 bits per heavy atom. The van der Waals surface area contributed by atoms with Crippen molar-refractivity contribution in [3.05, 3.63) is 0 Å². The van der Waals surface area contributed by atoms with Gasteiger partial charge in [-0.25, -0.2) is 0 Å². The van der Waals surface area contributed by atoms with Crippen molar-refractivity contribution >= 4 is 0 Å². The lowest BCUT2D eigenvalue weighted by atomic mass is 10.2. The molecule has 2 atom stereocenters. The van der Waals surface area contributed by atoms with E-state index in [-0.39, 0.29) is 0 Å². The minimum Gasteiger partial charge on any atom is -0.400 e. The van der Waals surface area contributed by atoms with E-state index in [0.717, 1.165) is 7.11 Å². The van der Waals surface area contributed by atoms with Crippen LogP contribution in [0.15, 0.2) is 0 Å². The lowest BCUT2D eigenvalue weighted by Gasteiger charge is -2.05. The zero-order chi connectivity index (χ0) is 7.98. The van der Waals surface area contributed by atoms with Crippen LogP contribution in [0.1, 0.15) is 33.1 Å². The van der Waals surface area contributed by atoms with E-state index in [4.69, 9.17) is 9.84 Å². The normalized spacial score (nSPS) is 31.2. The van der Waals surface area contributed by atoms with E-state index in [1.54, 1.807) is 0 Å². The van der Waals surface area contributed by atoms with Gasteiger partial charge in [0.2, 0.25) is 0 Å². The second-order valence-corrected chi connectivity index (χ2v) is 2.55. The van der Waals surface area contributed by atoms with Crippen molar-refractivity contribution in [2.24, 2.45) is 0 Å². The Morgan fingerprint density at radius 1 is 1.40 bits per heavy atom. The summed E-state index contributed by atoms with van der Waals surface area (Å²) in [7, 11) is 1.00. The van der Waals surface area contributed by atoms with E-state index >= 15 is 0 Å². The van der Waals surface area contributed by atoms with E-state index in [9.17, 15) is 0 Å². The molecule has 0 aromatic heterocycles. The molecule has 0 amide bonds. The molecule has 0 spiro atoms. The van der Waals surface area contributed by atoms with Crippen LogP contribution in [0, 0.1) is 0 Å². The first-order chi connectivity index (χ1) is 4.83. The summed E-state index contributed by atoms with van der Waals surface area (Å²) in [5.41, 5.74) is 0. The maximum absolute atomic E-state index is 7.00. The molecule has 0 aromatic rings. The predicted octanol–water partition coefficient (Wildman–Crippen LogP) is 1.57. The van der Waals surface area contributed by atoms with Crippen molar-refractivity contribution in [3.8, 4) is 0 Å². The van der Waals surface area contributed by atoms with Gasteiger partial charge in [-0.1, -0.05) is 6.92 Å². The summed E-state index contributed by atoms with van der Waals surface area (Å²) in [5, 5.41) is 7.00. The largest absolute Gasteiger partial charge is 0.400 e. The smallest absolute Gasteiger partial charge is 0.0577 e. The Balaban J connectivity index is 0.000000371. The summed E-state index contributed by atoms with van der Waals surface area (Å²) in [4.78, 5) is 0. The molecular formula is C8H18O2. The SMILES string of the molecule is CCC1CCC(C)O1.CO. The van der Waals surface area contributed by atoms with Gasteiger partial charge in [0.25, 0.3) is 0 Å². The van der Waals surface area contributed by atoms with Gasteiger partial charge in [-0.2, -0.15) is 0 Å². The average molecular weight is 146 g/mol. The quantitative estimate of drug-likeness (QED) is 0.608. The zero-order valence-corrected chi connectivity index (χ0v) is 7.13. The van der Waals surface area contributed by atoms with E-state index < -0.39 is 0 Å². The first-order valence-corrected chi connectivity index (χ1v) is 3.93. The van der Waals surface area contributed by atoms with Gasteiger partial charge >= 0.3 is 0 Å². The van der Waals surface area contributed by atoms with E-state index in [1.165, 1.54) is 19.3 Å². The molecular weight excluding hydrogens is 128 g/mol. The number of rotatable bonds is 1. The summed E-state index contributed by atoms with van der Waals surface area (Å²) in [6.45, 7) is 4.33. The molecule has 0 aliphatic carbocycles. The average Bonchev–Trinajstić information content (AvgIpc) is 2.40. The van der Waals surface area contributed by atoms with Crippen molar-refractivity contribution in [2.75, 3.05) is 7.11 Å². The molecule has 0 radical (unpaired) electrons. The van der Waals surface area contributed by atoms with Gasteiger partial charge < -0.3 is 9.84 Å². The van der Waals surface area contributed by atoms with Crippen LogP contribution in [-0.2, 0) is 4.74 Å². The van der Waals surface area contributed by atoms with Crippen LogP contribution in [0.2, 0.25) is 0 Å². The first kappa shape index (κ1) is 9.92.